The highest BCUT2D eigenvalue weighted by atomic mass is 35.5. The molecule has 0 amide bonds. The fraction of sp³-hybridized carbons (Fsp3) is 0.357. The van der Waals surface area contributed by atoms with E-state index in [0.29, 0.717) is 17.0 Å². The van der Waals surface area contributed by atoms with Crippen LogP contribution in [0.15, 0.2) is 24.8 Å². The van der Waals surface area contributed by atoms with E-state index >= 15 is 0 Å². The number of ether oxygens (including phenoxy) is 1. The number of fused-ring (bicyclic) bond motifs is 1. The molecular weight excluding hydrogens is 352 g/mol. The smallest absolute Gasteiger partial charge is 0.226 e. The van der Waals surface area contributed by atoms with Crippen LogP contribution in [-0.2, 0) is 4.74 Å². The van der Waals surface area contributed by atoms with E-state index in [-0.39, 0.29) is 5.28 Å². The van der Waals surface area contributed by atoms with E-state index < -0.39 is 31.1 Å². The van der Waals surface area contributed by atoms with Gasteiger partial charge in [0.2, 0.25) is 5.28 Å². The minimum atomic E-state index is -1.25. The maximum absolute atomic E-state index is 10.2. The Bertz CT molecular complexity index is 885. The number of nitrogens with one attached hydrogen (secondary N) is 2. The van der Waals surface area contributed by atoms with Crippen molar-refractivity contribution < 1.29 is 20.1 Å². The third-order valence-electron chi connectivity index (χ3n) is 4.05. The minimum Gasteiger partial charge on any atom is -0.394 e. The number of nitrogens with zero attached hydrogens (tertiary/aromatic N) is 4. The Morgan fingerprint density at radius 2 is 2.16 bits per heavy atom. The van der Waals surface area contributed by atoms with Gasteiger partial charge in [0.15, 0.2) is 23.2 Å². The van der Waals surface area contributed by atoms with Gasteiger partial charge in [0, 0.05) is 12.4 Å². The average molecular weight is 367 g/mol. The second-order valence-electron chi connectivity index (χ2n) is 5.62. The zero-order chi connectivity index (χ0) is 17.6. The van der Waals surface area contributed by atoms with Crippen molar-refractivity contribution in [1.29, 1.82) is 0 Å². The Hall–Kier alpha value is -2.24. The van der Waals surface area contributed by atoms with E-state index in [2.05, 4.69) is 25.3 Å². The van der Waals surface area contributed by atoms with Crippen LogP contribution in [0.3, 0.4) is 0 Å². The number of aromatic amines is 1. The average Bonchev–Trinajstić information content (AvgIpc) is 3.29. The second kappa shape index (κ2) is 6.24. The van der Waals surface area contributed by atoms with Crippen molar-refractivity contribution in [3.8, 4) is 0 Å². The largest absolute Gasteiger partial charge is 0.394 e. The molecule has 1 fully saturated rings. The highest BCUT2D eigenvalue weighted by molar-refractivity contribution is 6.28. The monoisotopic (exact) mass is 366 g/mol. The topological polar surface area (TPSA) is 141 Å². The number of H-pyrrole nitrogens is 1. The number of imidazole rings is 1. The maximum atomic E-state index is 10.2. The van der Waals surface area contributed by atoms with Gasteiger partial charge in [0.25, 0.3) is 0 Å². The first-order valence-electron chi connectivity index (χ1n) is 7.51. The molecule has 0 radical (unpaired) electrons. The van der Waals surface area contributed by atoms with Gasteiger partial charge < -0.3 is 30.4 Å². The normalized spacial score (nSPS) is 26.4. The van der Waals surface area contributed by atoms with E-state index in [1.165, 1.54) is 10.9 Å². The van der Waals surface area contributed by atoms with Gasteiger partial charge in [-0.1, -0.05) is 0 Å². The molecule has 3 aromatic heterocycles. The first-order valence-corrected chi connectivity index (χ1v) is 7.88. The summed E-state index contributed by atoms with van der Waals surface area (Å²) < 4.78 is 6.97. The summed E-state index contributed by atoms with van der Waals surface area (Å²) in [7, 11) is 0. The summed E-state index contributed by atoms with van der Waals surface area (Å²) in [5.41, 5.74) is 1.51. The van der Waals surface area contributed by atoms with Crippen LogP contribution in [0.1, 0.15) is 6.23 Å². The molecule has 0 saturated carbocycles. The molecule has 1 aliphatic rings. The lowest BCUT2D eigenvalue weighted by Gasteiger charge is -2.16. The molecule has 1 saturated heterocycles. The van der Waals surface area contributed by atoms with Crippen LogP contribution >= 0.6 is 11.6 Å². The molecule has 132 valence electrons. The van der Waals surface area contributed by atoms with Crippen LogP contribution < -0.4 is 5.32 Å². The number of hydrogen-bond acceptors (Lipinski definition) is 8. The SMILES string of the molecule is OC[C@H]1O[C@@H](n2cnc3c(Nc4cc[nH]c4)nc(Cl)nc32)[C@H](O)[C@@H]1O. The third kappa shape index (κ3) is 2.73. The van der Waals surface area contributed by atoms with Crippen LogP contribution in [0.4, 0.5) is 11.5 Å². The summed E-state index contributed by atoms with van der Waals surface area (Å²) in [6.07, 6.45) is 0.588. The van der Waals surface area contributed by atoms with Crippen molar-refractivity contribution >= 4 is 34.3 Å². The molecule has 0 aliphatic carbocycles. The van der Waals surface area contributed by atoms with Crippen LogP contribution in [0, 0.1) is 0 Å². The Balaban J connectivity index is 1.76. The van der Waals surface area contributed by atoms with Gasteiger partial charge in [-0.3, -0.25) is 4.57 Å². The molecule has 1 aliphatic heterocycles. The van der Waals surface area contributed by atoms with E-state index in [4.69, 9.17) is 16.3 Å². The molecule has 10 nitrogen and oxygen atoms in total. The number of anilines is 2. The highest BCUT2D eigenvalue weighted by Crippen LogP contribution is 2.33. The summed E-state index contributed by atoms with van der Waals surface area (Å²) in [6, 6.07) is 1.81. The Morgan fingerprint density at radius 3 is 2.84 bits per heavy atom. The number of rotatable bonds is 4. The number of hydrogen-bond donors (Lipinski definition) is 5. The molecule has 4 heterocycles. The van der Waals surface area contributed by atoms with Gasteiger partial charge in [-0.05, 0) is 17.7 Å². The zero-order valence-electron chi connectivity index (χ0n) is 12.7. The molecule has 4 atom stereocenters. The molecule has 4 rings (SSSR count). The van der Waals surface area contributed by atoms with Gasteiger partial charge in [-0.15, -0.1) is 0 Å². The number of halogens is 1. The van der Waals surface area contributed by atoms with E-state index in [0.717, 1.165) is 5.69 Å². The molecule has 0 spiro atoms. The number of aliphatic hydroxyl groups is 3. The van der Waals surface area contributed by atoms with Crippen LogP contribution in [0.2, 0.25) is 5.28 Å². The van der Waals surface area contributed by atoms with Crippen molar-refractivity contribution in [2.75, 3.05) is 11.9 Å². The van der Waals surface area contributed by atoms with Gasteiger partial charge in [-0.25, -0.2) is 4.98 Å². The zero-order valence-corrected chi connectivity index (χ0v) is 13.5. The molecule has 0 unspecified atom stereocenters. The lowest BCUT2D eigenvalue weighted by molar-refractivity contribution is -0.0511. The Labute approximate surface area is 146 Å². The first kappa shape index (κ1) is 16.2. The van der Waals surface area contributed by atoms with Crippen LogP contribution in [0.5, 0.6) is 0 Å². The first-order chi connectivity index (χ1) is 12.1. The molecule has 25 heavy (non-hydrogen) atoms. The molecule has 5 N–H and O–H groups in total. The highest BCUT2D eigenvalue weighted by Gasteiger charge is 2.44. The fourth-order valence-corrected chi connectivity index (χ4v) is 2.98. The van der Waals surface area contributed by atoms with E-state index in [9.17, 15) is 15.3 Å². The van der Waals surface area contributed by atoms with Gasteiger partial charge >= 0.3 is 0 Å². The molecule has 11 heteroatoms. The van der Waals surface area contributed by atoms with Crippen LogP contribution in [0.25, 0.3) is 11.2 Å². The molecule has 3 aromatic rings. The predicted octanol–water partition coefficient (Wildman–Crippen LogP) is 0.163. The minimum absolute atomic E-state index is 0.0148. The fourth-order valence-electron chi connectivity index (χ4n) is 2.81. The number of aromatic nitrogens is 5. The van der Waals surface area contributed by atoms with Gasteiger partial charge in [-0.2, -0.15) is 9.97 Å². The second-order valence-corrected chi connectivity index (χ2v) is 5.96. The Morgan fingerprint density at radius 1 is 1.32 bits per heavy atom. The summed E-state index contributed by atoms with van der Waals surface area (Å²) in [4.78, 5) is 15.5. The molecule has 0 aromatic carbocycles. The van der Waals surface area contributed by atoms with Gasteiger partial charge in [0.1, 0.15) is 18.3 Å². The standard InChI is InChI=1S/C14H15ClN6O4/c15-14-19-11(18-6-1-2-16-3-6)8-12(20-14)21(5-17-8)13-10(24)9(23)7(4-22)25-13/h1-3,5,7,9-10,13,16,22-24H,4H2,(H,18,19,20)/t7-,9-,10-,13-/m1/s1. The van der Waals surface area contributed by atoms with E-state index in [1.807, 2.05) is 6.07 Å². The van der Waals surface area contributed by atoms with Crippen molar-refractivity contribution in [2.24, 2.45) is 0 Å². The maximum Gasteiger partial charge on any atom is 0.226 e. The summed E-state index contributed by atoms with van der Waals surface area (Å²) in [5, 5.41) is 32.4. The lowest BCUT2D eigenvalue weighted by atomic mass is 10.1. The van der Waals surface area contributed by atoms with E-state index in [1.54, 1.807) is 12.4 Å². The Kier molecular flexibility index (Phi) is 4.06. The number of aliphatic hydroxyl groups excluding tert-OH is 3. The quantitative estimate of drug-likeness (QED) is 0.411. The molecular formula is C14H15ClN6O4. The van der Waals surface area contributed by atoms with Crippen molar-refractivity contribution in [3.63, 3.8) is 0 Å². The van der Waals surface area contributed by atoms with Crippen LogP contribution in [-0.4, -0.2) is 64.7 Å². The molecule has 0 bridgehead atoms. The lowest BCUT2D eigenvalue weighted by Crippen LogP contribution is -2.33. The summed E-state index contributed by atoms with van der Waals surface area (Å²) in [5.74, 6) is 0.389. The van der Waals surface area contributed by atoms with Crippen molar-refractivity contribution in [3.05, 3.63) is 30.1 Å². The van der Waals surface area contributed by atoms with Gasteiger partial charge in [0.05, 0.1) is 18.6 Å². The summed E-state index contributed by atoms with van der Waals surface area (Å²) >= 11 is 6.02. The third-order valence-corrected chi connectivity index (χ3v) is 4.22. The van der Waals surface area contributed by atoms with Crippen molar-refractivity contribution in [2.45, 2.75) is 24.5 Å². The van der Waals surface area contributed by atoms with Crippen molar-refractivity contribution in [1.82, 2.24) is 24.5 Å². The predicted molar refractivity (Wildman–Crippen MR) is 87.4 cm³/mol. The summed E-state index contributed by atoms with van der Waals surface area (Å²) in [6.45, 7) is -0.419.